The first-order valence-corrected chi connectivity index (χ1v) is 8.61. The predicted molar refractivity (Wildman–Crippen MR) is 92.9 cm³/mol. The summed E-state index contributed by atoms with van der Waals surface area (Å²) in [6.07, 6.45) is 2.41. The van der Waals surface area contributed by atoms with Crippen LogP contribution in [0.1, 0.15) is 18.4 Å². The van der Waals surface area contributed by atoms with Gasteiger partial charge in [0.15, 0.2) is 0 Å². The molecule has 0 radical (unpaired) electrons. The summed E-state index contributed by atoms with van der Waals surface area (Å²) in [6.45, 7) is 0. The van der Waals surface area contributed by atoms with E-state index in [1.807, 2.05) is 0 Å². The molecule has 1 saturated carbocycles. The van der Waals surface area contributed by atoms with Crippen LogP contribution in [0, 0.1) is 0 Å². The van der Waals surface area contributed by atoms with E-state index in [1.165, 1.54) is 11.3 Å². The molecule has 2 aromatic heterocycles. The van der Waals surface area contributed by atoms with Crippen LogP contribution in [-0.4, -0.2) is 21.5 Å². The summed E-state index contributed by atoms with van der Waals surface area (Å²) in [6, 6.07) is 8.98. The van der Waals surface area contributed by atoms with E-state index in [4.69, 9.17) is 0 Å². The largest absolute Gasteiger partial charge is 0.353 e. The molecule has 2 heterocycles. The number of fused-ring (bicyclic) bond motifs is 1. The number of nitrogens with zero attached hydrogens (tertiary/aromatic N) is 1. The van der Waals surface area contributed by atoms with E-state index in [2.05, 4.69) is 10.3 Å². The van der Waals surface area contributed by atoms with Crippen LogP contribution in [0.3, 0.4) is 0 Å². The zero-order chi connectivity index (χ0) is 16.7. The fourth-order valence-corrected chi connectivity index (χ4v) is 3.41. The molecule has 0 spiro atoms. The number of amides is 1. The Morgan fingerprint density at radius 2 is 1.96 bits per heavy atom. The van der Waals surface area contributed by atoms with E-state index < -0.39 is 5.69 Å². The molecule has 7 heteroatoms. The van der Waals surface area contributed by atoms with Gasteiger partial charge in [-0.15, -0.1) is 11.3 Å². The summed E-state index contributed by atoms with van der Waals surface area (Å²) < 4.78 is 1.63. The van der Waals surface area contributed by atoms with Gasteiger partial charge in [-0.2, -0.15) is 0 Å². The van der Waals surface area contributed by atoms with Crippen molar-refractivity contribution in [1.29, 1.82) is 0 Å². The Labute approximate surface area is 140 Å². The summed E-state index contributed by atoms with van der Waals surface area (Å²) in [5.41, 5.74) is 1.09. The summed E-state index contributed by atoms with van der Waals surface area (Å²) in [5.74, 6) is 0.000249. The summed E-state index contributed by atoms with van der Waals surface area (Å²) in [7, 11) is 0. The van der Waals surface area contributed by atoms with Crippen LogP contribution in [0.25, 0.3) is 15.9 Å². The van der Waals surface area contributed by atoms with Gasteiger partial charge in [-0.3, -0.25) is 9.59 Å². The van der Waals surface area contributed by atoms with Crippen molar-refractivity contribution in [3.05, 3.63) is 62.1 Å². The summed E-state index contributed by atoms with van der Waals surface area (Å²) >= 11 is 1.30. The average Bonchev–Trinajstić information content (AvgIpc) is 3.23. The van der Waals surface area contributed by atoms with Gasteiger partial charge in [0.25, 0.3) is 5.56 Å². The molecule has 0 aliphatic heterocycles. The number of thiophene rings is 1. The van der Waals surface area contributed by atoms with E-state index in [0.717, 1.165) is 23.0 Å². The van der Waals surface area contributed by atoms with Gasteiger partial charge < -0.3 is 10.3 Å². The Morgan fingerprint density at radius 3 is 2.67 bits per heavy atom. The van der Waals surface area contributed by atoms with Crippen molar-refractivity contribution in [1.82, 2.24) is 14.9 Å². The molecular formula is C17H15N3O3S. The molecule has 1 aliphatic carbocycles. The topological polar surface area (TPSA) is 84.0 Å². The van der Waals surface area contributed by atoms with Crippen molar-refractivity contribution in [2.24, 2.45) is 0 Å². The van der Waals surface area contributed by atoms with Crippen LogP contribution in [0.15, 0.2) is 45.3 Å². The number of benzene rings is 1. The minimum atomic E-state index is -0.467. The highest BCUT2D eigenvalue weighted by molar-refractivity contribution is 7.17. The number of carbonyl (C=O) groups excluding carboxylic acids is 1. The number of carbonyl (C=O) groups is 1. The Morgan fingerprint density at radius 1 is 1.21 bits per heavy atom. The van der Waals surface area contributed by atoms with E-state index in [-0.39, 0.29) is 11.5 Å². The maximum Gasteiger partial charge on any atom is 0.333 e. The minimum absolute atomic E-state index is 0.000249. The molecular weight excluding hydrogens is 326 g/mol. The van der Waals surface area contributed by atoms with Crippen molar-refractivity contribution < 1.29 is 4.79 Å². The number of aromatic nitrogens is 2. The molecule has 0 bridgehead atoms. The molecule has 1 fully saturated rings. The van der Waals surface area contributed by atoms with E-state index >= 15 is 0 Å². The van der Waals surface area contributed by atoms with Crippen molar-refractivity contribution in [3.63, 3.8) is 0 Å². The van der Waals surface area contributed by atoms with Gasteiger partial charge in [0, 0.05) is 6.04 Å². The zero-order valence-corrected chi connectivity index (χ0v) is 13.6. The molecule has 122 valence electrons. The third-order valence-electron chi connectivity index (χ3n) is 4.01. The van der Waals surface area contributed by atoms with Crippen LogP contribution in [0.2, 0.25) is 0 Å². The van der Waals surface area contributed by atoms with Crippen LogP contribution >= 0.6 is 11.3 Å². The number of aromatic amines is 1. The molecule has 3 aromatic rings. The van der Waals surface area contributed by atoms with Crippen LogP contribution in [-0.2, 0) is 11.2 Å². The molecule has 2 N–H and O–H groups in total. The molecule has 24 heavy (non-hydrogen) atoms. The van der Waals surface area contributed by atoms with Crippen molar-refractivity contribution >= 4 is 27.5 Å². The molecule has 0 unspecified atom stereocenters. The number of rotatable bonds is 4. The SMILES string of the molecule is O=C(Cc1ccc(-n2c(=O)[nH]c3ccsc3c2=O)cc1)NC1CC1. The second kappa shape index (κ2) is 5.76. The highest BCUT2D eigenvalue weighted by Gasteiger charge is 2.23. The molecule has 1 amide bonds. The lowest BCUT2D eigenvalue weighted by Crippen LogP contribution is -2.33. The Hall–Kier alpha value is -2.67. The lowest BCUT2D eigenvalue weighted by Gasteiger charge is -2.07. The number of hydrogen-bond acceptors (Lipinski definition) is 4. The zero-order valence-electron chi connectivity index (χ0n) is 12.7. The maximum atomic E-state index is 12.5. The molecule has 0 atom stereocenters. The lowest BCUT2D eigenvalue weighted by atomic mass is 10.1. The number of nitrogens with one attached hydrogen (secondary N) is 2. The van der Waals surface area contributed by atoms with Crippen LogP contribution in [0.5, 0.6) is 0 Å². The molecule has 6 nitrogen and oxygen atoms in total. The van der Waals surface area contributed by atoms with Gasteiger partial charge in [-0.05, 0) is 42.0 Å². The Kier molecular flexibility index (Phi) is 3.57. The highest BCUT2D eigenvalue weighted by Crippen LogP contribution is 2.19. The number of H-pyrrole nitrogens is 1. The first-order chi connectivity index (χ1) is 11.6. The monoisotopic (exact) mass is 341 g/mol. The van der Waals surface area contributed by atoms with Gasteiger partial charge in [0.1, 0.15) is 4.70 Å². The van der Waals surface area contributed by atoms with Gasteiger partial charge >= 0.3 is 5.69 Å². The van der Waals surface area contributed by atoms with E-state index in [9.17, 15) is 14.4 Å². The fourth-order valence-electron chi connectivity index (χ4n) is 2.63. The van der Waals surface area contributed by atoms with Crippen molar-refractivity contribution in [2.75, 3.05) is 0 Å². The third kappa shape index (κ3) is 2.78. The van der Waals surface area contributed by atoms with E-state index in [0.29, 0.717) is 28.4 Å². The first-order valence-electron chi connectivity index (χ1n) is 7.73. The van der Waals surface area contributed by atoms with Crippen molar-refractivity contribution in [2.45, 2.75) is 25.3 Å². The van der Waals surface area contributed by atoms with E-state index in [1.54, 1.807) is 35.7 Å². The molecule has 4 rings (SSSR count). The molecule has 1 aliphatic rings. The quantitative estimate of drug-likeness (QED) is 0.755. The predicted octanol–water partition coefficient (Wildman–Crippen LogP) is 1.56. The normalized spacial score (nSPS) is 14.0. The third-order valence-corrected chi connectivity index (χ3v) is 4.91. The lowest BCUT2D eigenvalue weighted by molar-refractivity contribution is -0.120. The van der Waals surface area contributed by atoms with Gasteiger partial charge in [0.2, 0.25) is 5.91 Å². The average molecular weight is 341 g/mol. The van der Waals surface area contributed by atoms with Crippen LogP contribution in [0.4, 0.5) is 0 Å². The standard InChI is InChI=1S/C17H15N3O3S/c21-14(18-11-3-4-11)9-10-1-5-12(6-2-10)20-16(22)15-13(7-8-24-15)19-17(20)23/h1-2,5-8,11H,3-4,9H2,(H,18,21)(H,19,23). The molecule has 0 saturated heterocycles. The van der Waals surface area contributed by atoms with Crippen molar-refractivity contribution in [3.8, 4) is 5.69 Å². The Bertz CT molecular complexity index is 1030. The fraction of sp³-hybridized carbons (Fsp3) is 0.235. The second-order valence-corrected chi connectivity index (χ2v) is 6.84. The number of hydrogen-bond donors (Lipinski definition) is 2. The minimum Gasteiger partial charge on any atom is -0.353 e. The maximum absolute atomic E-state index is 12.5. The molecule has 1 aromatic carbocycles. The first kappa shape index (κ1) is 14.9. The van der Waals surface area contributed by atoms with Gasteiger partial charge in [-0.25, -0.2) is 9.36 Å². The van der Waals surface area contributed by atoms with Crippen LogP contribution < -0.4 is 16.6 Å². The summed E-state index contributed by atoms with van der Waals surface area (Å²) in [5, 5.41) is 4.71. The van der Waals surface area contributed by atoms with Gasteiger partial charge in [0.05, 0.1) is 17.6 Å². The van der Waals surface area contributed by atoms with Gasteiger partial charge in [-0.1, -0.05) is 12.1 Å². The summed E-state index contributed by atoms with van der Waals surface area (Å²) in [4.78, 5) is 39.2. The second-order valence-electron chi connectivity index (χ2n) is 5.92. The highest BCUT2D eigenvalue weighted by atomic mass is 32.1. The smallest absolute Gasteiger partial charge is 0.333 e. The Balaban J connectivity index is 1.64.